The second-order valence-corrected chi connectivity index (χ2v) is 6.26. The maximum atomic E-state index is 9.75. The molecule has 96 valence electrons. The highest BCUT2D eigenvalue weighted by Gasteiger charge is 2.22. The van der Waals surface area contributed by atoms with Crippen LogP contribution in [0.3, 0.4) is 0 Å². The van der Waals surface area contributed by atoms with Gasteiger partial charge in [-0.1, -0.05) is 0 Å². The first-order chi connectivity index (χ1) is 7.51. The van der Waals surface area contributed by atoms with E-state index in [1.54, 1.807) is 0 Å². The van der Waals surface area contributed by atoms with Gasteiger partial charge in [0.2, 0.25) is 0 Å². The summed E-state index contributed by atoms with van der Waals surface area (Å²) in [6, 6.07) is 0. The van der Waals surface area contributed by atoms with Crippen LogP contribution in [0, 0.1) is 0 Å². The number of hydrogen-bond donors (Lipinski definition) is 1. The Balaban J connectivity index is 2.13. The zero-order valence-electron chi connectivity index (χ0n) is 10.9. The predicted octanol–water partition coefficient (Wildman–Crippen LogP) is 1.13. The molecule has 0 radical (unpaired) electrons. The average molecular weight is 246 g/mol. The van der Waals surface area contributed by atoms with Crippen molar-refractivity contribution < 1.29 is 5.11 Å². The molecule has 0 spiro atoms. The van der Waals surface area contributed by atoms with Crippen LogP contribution in [0.1, 0.15) is 20.3 Å². The molecule has 0 bridgehead atoms. The van der Waals surface area contributed by atoms with Crippen LogP contribution in [0.5, 0.6) is 0 Å². The van der Waals surface area contributed by atoms with Gasteiger partial charge in [0.15, 0.2) is 0 Å². The zero-order chi connectivity index (χ0) is 12.0. The van der Waals surface area contributed by atoms with Crippen molar-refractivity contribution in [1.82, 2.24) is 9.80 Å². The molecule has 0 amide bonds. The van der Waals surface area contributed by atoms with Gasteiger partial charge >= 0.3 is 0 Å². The zero-order valence-corrected chi connectivity index (χ0v) is 11.7. The van der Waals surface area contributed by atoms with Gasteiger partial charge in [-0.2, -0.15) is 11.8 Å². The fourth-order valence-corrected chi connectivity index (χ4v) is 2.57. The first kappa shape index (κ1) is 14.3. The monoisotopic (exact) mass is 246 g/mol. The number of aliphatic hydroxyl groups is 1. The largest absolute Gasteiger partial charge is 0.389 e. The summed E-state index contributed by atoms with van der Waals surface area (Å²) in [5.41, 5.74) is -0.555. The molecule has 0 saturated carbocycles. The second-order valence-electron chi connectivity index (χ2n) is 5.28. The van der Waals surface area contributed by atoms with Gasteiger partial charge in [-0.3, -0.25) is 4.90 Å². The standard InChI is InChI=1S/C12H26N2OS/c1-12(2,15)11-14-8-6-13(7-9-14)5-4-10-16-3/h15H,4-11H2,1-3H3. The van der Waals surface area contributed by atoms with Crippen LogP contribution in [0.2, 0.25) is 0 Å². The van der Waals surface area contributed by atoms with E-state index in [0.717, 1.165) is 32.7 Å². The summed E-state index contributed by atoms with van der Waals surface area (Å²) in [5, 5.41) is 9.75. The molecule has 0 aliphatic carbocycles. The number of nitrogens with zero attached hydrogens (tertiary/aromatic N) is 2. The van der Waals surface area contributed by atoms with Crippen LogP contribution in [-0.4, -0.2) is 71.8 Å². The van der Waals surface area contributed by atoms with Crippen molar-refractivity contribution in [2.24, 2.45) is 0 Å². The molecule has 0 unspecified atom stereocenters. The first-order valence-electron chi connectivity index (χ1n) is 6.17. The molecule has 16 heavy (non-hydrogen) atoms. The molecule has 0 aromatic rings. The second kappa shape index (κ2) is 6.84. The summed E-state index contributed by atoms with van der Waals surface area (Å²) < 4.78 is 0. The van der Waals surface area contributed by atoms with E-state index in [1.807, 2.05) is 25.6 Å². The highest BCUT2D eigenvalue weighted by molar-refractivity contribution is 7.98. The molecule has 1 fully saturated rings. The van der Waals surface area contributed by atoms with Crippen molar-refractivity contribution in [1.29, 1.82) is 0 Å². The lowest BCUT2D eigenvalue weighted by Crippen LogP contribution is -2.50. The number of hydrogen-bond acceptors (Lipinski definition) is 4. The van der Waals surface area contributed by atoms with Crippen molar-refractivity contribution in [2.75, 3.05) is 51.3 Å². The maximum Gasteiger partial charge on any atom is 0.0718 e. The lowest BCUT2D eigenvalue weighted by atomic mass is 10.1. The van der Waals surface area contributed by atoms with E-state index in [-0.39, 0.29) is 0 Å². The van der Waals surface area contributed by atoms with Gasteiger partial charge in [-0.15, -0.1) is 0 Å². The van der Waals surface area contributed by atoms with E-state index in [4.69, 9.17) is 0 Å². The molecule has 0 aromatic carbocycles. The molecule has 1 heterocycles. The van der Waals surface area contributed by atoms with Crippen molar-refractivity contribution in [3.8, 4) is 0 Å². The maximum absolute atomic E-state index is 9.75. The molecule has 1 aliphatic rings. The quantitative estimate of drug-likeness (QED) is 0.711. The molecular weight excluding hydrogens is 220 g/mol. The smallest absolute Gasteiger partial charge is 0.0718 e. The molecule has 0 aromatic heterocycles. The van der Waals surface area contributed by atoms with Gasteiger partial charge in [-0.25, -0.2) is 0 Å². The highest BCUT2D eigenvalue weighted by Crippen LogP contribution is 2.09. The molecule has 1 saturated heterocycles. The Morgan fingerprint density at radius 3 is 2.19 bits per heavy atom. The molecule has 4 heteroatoms. The number of rotatable bonds is 6. The van der Waals surface area contributed by atoms with Gasteiger partial charge in [-0.05, 0) is 38.8 Å². The summed E-state index contributed by atoms with van der Waals surface area (Å²) in [7, 11) is 0. The van der Waals surface area contributed by atoms with E-state index >= 15 is 0 Å². The van der Waals surface area contributed by atoms with Gasteiger partial charge in [0, 0.05) is 32.7 Å². The number of piperazine rings is 1. The van der Waals surface area contributed by atoms with E-state index in [0.29, 0.717) is 0 Å². The fourth-order valence-electron chi connectivity index (χ4n) is 2.15. The number of thioether (sulfide) groups is 1. The van der Waals surface area contributed by atoms with Crippen LogP contribution in [0.15, 0.2) is 0 Å². The lowest BCUT2D eigenvalue weighted by Gasteiger charge is -2.37. The average Bonchev–Trinajstić information content (AvgIpc) is 2.19. The lowest BCUT2D eigenvalue weighted by molar-refractivity contribution is 0.0179. The Kier molecular flexibility index (Phi) is 6.11. The van der Waals surface area contributed by atoms with Crippen LogP contribution in [0.25, 0.3) is 0 Å². The minimum Gasteiger partial charge on any atom is -0.389 e. The summed E-state index contributed by atoms with van der Waals surface area (Å²) in [6.45, 7) is 10.3. The van der Waals surface area contributed by atoms with E-state index in [1.165, 1.54) is 18.7 Å². The molecule has 1 N–H and O–H groups in total. The normalized spacial score (nSPS) is 20.2. The summed E-state index contributed by atoms with van der Waals surface area (Å²) in [6.07, 6.45) is 3.47. The van der Waals surface area contributed by atoms with Crippen molar-refractivity contribution in [3.63, 3.8) is 0 Å². The fraction of sp³-hybridized carbons (Fsp3) is 1.00. The van der Waals surface area contributed by atoms with E-state index < -0.39 is 5.60 Å². The molecular formula is C12H26N2OS. The third kappa shape index (κ3) is 6.09. The van der Waals surface area contributed by atoms with Crippen LogP contribution in [-0.2, 0) is 0 Å². The SMILES string of the molecule is CSCCCN1CCN(CC(C)(C)O)CC1. The minimum atomic E-state index is -0.555. The third-order valence-corrected chi connectivity index (χ3v) is 3.60. The summed E-state index contributed by atoms with van der Waals surface area (Å²) in [5.74, 6) is 1.27. The van der Waals surface area contributed by atoms with Crippen molar-refractivity contribution in [2.45, 2.75) is 25.9 Å². The predicted molar refractivity (Wildman–Crippen MR) is 72.2 cm³/mol. The van der Waals surface area contributed by atoms with Crippen LogP contribution < -0.4 is 0 Å². The van der Waals surface area contributed by atoms with E-state index in [9.17, 15) is 5.11 Å². The summed E-state index contributed by atoms with van der Waals surface area (Å²) >= 11 is 1.93. The van der Waals surface area contributed by atoms with Gasteiger partial charge in [0.05, 0.1) is 5.60 Å². The minimum absolute atomic E-state index is 0.555. The summed E-state index contributed by atoms with van der Waals surface area (Å²) in [4.78, 5) is 4.90. The molecule has 3 nitrogen and oxygen atoms in total. The molecule has 0 atom stereocenters. The molecule has 1 rings (SSSR count). The third-order valence-electron chi connectivity index (χ3n) is 2.90. The topological polar surface area (TPSA) is 26.7 Å². The first-order valence-corrected chi connectivity index (χ1v) is 7.57. The van der Waals surface area contributed by atoms with Gasteiger partial charge in [0.1, 0.15) is 0 Å². The Labute approximate surface area is 104 Å². The molecule has 1 aliphatic heterocycles. The number of β-amino-alcohol motifs (C(OH)–C–C–N with tert-alkyl or cyclic N) is 1. The Morgan fingerprint density at radius 2 is 1.69 bits per heavy atom. The van der Waals surface area contributed by atoms with Crippen molar-refractivity contribution in [3.05, 3.63) is 0 Å². The van der Waals surface area contributed by atoms with Gasteiger partial charge in [0.25, 0.3) is 0 Å². The van der Waals surface area contributed by atoms with E-state index in [2.05, 4.69) is 16.1 Å². The Hall–Kier alpha value is 0.230. The Bertz CT molecular complexity index is 186. The highest BCUT2D eigenvalue weighted by atomic mass is 32.2. The van der Waals surface area contributed by atoms with Crippen LogP contribution in [0.4, 0.5) is 0 Å². The van der Waals surface area contributed by atoms with Crippen LogP contribution >= 0.6 is 11.8 Å². The van der Waals surface area contributed by atoms with Crippen molar-refractivity contribution >= 4 is 11.8 Å². The van der Waals surface area contributed by atoms with Gasteiger partial charge < -0.3 is 10.0 Å². The Morgan fingerprint density at radius 1 is 1.12 bits per heavy atom.